The van der Waals surface area contributed by atoms with Crippen molar-refractivity contribution >= 4 is 12.0 Å². The van der Waals surface area contributed by atoms with Gasteiger partial charge < -0.3 is 20.1 Å². The Labute approximate surface area is 106 Å². The lowest BCUT2D eigenvalue weighted by atomic mass is 9.80. The number of nitrogens with one attached hydrogen (secondary N) is 1. The van der Waals surface area contributed by atoms with Gasteiger partial charge in [0.25, 0.3) is 0 Å². The number of carboxylic acids is 1. The third-order valence-electron chi connectivity index (χ3n) is 3.99. The molecule has 1 spiro atoms. The van der Waals surface area contributed by atoms with Crippen LogP contribution in [0, 0.1) is 5.41 Å². The zero-order valence-corrected chi connectivity index (χ0v) is 10.6. The van der Waals surface area contributed by atoms with Gasteiger partial charge in [0.2, 0.25) is 0 Å². The Hall–Kier alpha value is -1.30. The molecule has 0 aliphatic carbocycles. The summed E-state index contributed by atoms with van der Waals surface area (Å²) in [7, 11) is 0. The molecule has 2 N–H and O–H groups in total. The van der Waals surface area contributed by atoms with Gasteiger partial charge in [-0.15, -0.1) is 0 Å². The number of carboxylic acid groups (broad SMARTS) is 1. The molecule has 102 valence electrons. The smallest absolute Gasteiger partial charge is 0.325 e. The third kappa shape index (κ3) is 2.75. The molecular weight excluding hydrogens is 236 g/mol. The Morgan fingerprint density at radius 3 is 2.61 bits per heavy atom. The van der Waals surface area contributed by atoms with E-state index in [2.05, 4.69) is 5.32 Å². The number of urea groups is 1. The maximum atomic E-state index is 11.9. The first kappa shape index (κ1) is 13.1. The molecule has 0 radical (unpaired) electrons. The lowest BCUT2D eigenvalue weighted by Gasteiger charge is -2.33. The van der Waals surface area contributed by atoms with Crippen molar-refractivity contribution in [2.24, 2.45) is 5.41 Å². The number of hydrogen-bond acceptors (Lipinski definition) is 3. The molecule has 0 bridgehead atoms. The van der Waals surface area contributed by atoms with Crippen LogP contribution in [0.25, 0.3) is 0 Å². The molecule has 1 atom stereocenters. The summed E-state index contributed by atoms with van der Waals surface area (Å²) in [5.74, 6) is -1.01. The van der Waals surface area contributed by atoms with Gasteiger partial charge in [-0.05, 0) is 31.6 Å². The number of rotatable bonds is 2. The van der Waals surface area contributed by atoms with Gasteiger partial charge in [0.15, 0.2) is 0 Å². The normalized spacial score (nSPS) is 23.9. The van der Waals surface area contributed by atoms with Crippen molar-refractivity contribution in [1.82, 2.24) is 10.2 Å². The molecule has 2 heterocycles. The van der Waals surface area contributed by atoms with E-state index < -0.39 is 12.0 Å². The van der Waals surface area contributed by atoms with Gasteiger partial charge in [0, 0.05) is 26.3 Å². The highest BCUT2D eigenvalue weighted by atomic mass is 16.5. The van der Waals surface area contributed by atoms with Crippen molar-refractivity contribution in [3.05, 3.63) is 0 Å². The Morgan fingerprint density at radius 1 is 1.33 bits per heavy atom. The van der Waals surface area contributed by atoms with Crippen LogP contribution < -0.4 is 5.32 Å². The molecule has 6 heteroatoms. The SMILES string of the molecule is C[C@@H](NC(=O)N1CCC2(CCOCC2)C1)C(=O)O. The van der Waals surface area contributed by atoms with Crippen LogP contribution in [-0.2, 0) is 9.53 Å². The van der Waals surface area contributed by atoms with Crippen molar-refractivity contribution in [2.45, 2.75) is 32.2 Å². The monoisotopic (exact) mass is 256 g/mol. The first-order valence-electron chi connectivity index (χ1n) is 6.38. The maximum absolute atomic E-state index is 11.9. The van der Waals surface area contributed by atoms with Crippen LogP contribution in [0.5, 0.6) is 0 Å². The fraction of sp³-hybridized carbons (Fsp3) is 0.833. The van der Waals surface area contributed by atoms with Gasteiger partial charge in [-0.3, -0.25) is 4.79 Å². The number of hydrogen-bond donors (Lipinski definition) is 2. The van der Waals surface area contributed by atoms with E-state index >= 15 is 0 Å². The summed E-state index contributed by atoms with van der Waals surface area (Å²) in [6.45, 7) is 4.43. The minimum Gasteiger partial charge on any atom is -0.480 e. The average Bonchev–Trinajstić information content (AvgIpc) is 2.74. The lowest BCUT2D eigenvalue weighted by Crippen LogP contribution is -2.46. The summed E-state index contributed by atoms with van der Waals surface area (Å²) >= 11 is 0. The van der Waals surface area contributed by atoms with Crippen LogP contribution in [0.1, 0.15) is 26.2 Å². The van der Waals surface area contributed by atoms with Crippen LogP contribution in [0.2, 0.25) is 0 Å². The molecule has 0 aromatic rings. The van der Waals surface area contributed by atoms with E-state index in [0.717, 1.165) is 32.5 Å². The maximum Gasteiger partial charge on any atom is 0.325 e. The standard InChI is InChI=1S/C12H20N2O4/c1-9(10(15)16)13-11(17)14-5-2-12(8-14)3-6-18-7-4-12/h9H,2-8H2,1H3,(H,13,17)(H,15,16)/t9-/m1/s1. The Morgan fingerprint density at radius 2 is 2.00 bits per heavy atom. The van der Waals surface area contributed by atoms with Crippen LogP contribution in [0.4, 0.5) is 4.79 Å². The number of aliphatic carboxylic acids is 1. The minimum atomic E-state index is -1.01. The highest BCUT2D eigenvalue weighted by molar-refractivity contribution is 5.82. The second-order valence-corrected chi connectivity index (χ2v) is 5.29. The molecule has 0 aromatic heterocycles. The Balaban J connectivity index is 1.88. The zero-order chi connectivity index (χ0) is 13.2. The summed E-state index contributed by atoms with van der Waals surface area (Å²) in [5.41, 5.74) is 0.196. The molecule has 2 rings (SSSR count). The van der Waals surface area contributed by atoms with E-state index in [1.54, 1.807) is 4.90 Å². The number of carbonyl (C=O) groups excluding carboxylic acids is 1. The second-order valence-electron chi connectivity index (χ2n) is 5.29. The molecule has 0 unspecified atom stereocenters. The second kappa shape index (κ2) is 5.14. The van der Waals surface area contributed by atoms with Gasteiger partial charge in [-0.1, -0.05) is 0 Å². The summed E-state index contributed by atoms with van der Waals surface area (Å²) in [5, 5.41) is 11.3. The zero-order valence-electron chi connectivity index (χ0n) is 10.6. The van der Waals surface area contributed by atoms with Gasteiger partial charge in [-0.2, -0.15) is 0 Å². The number of carbonyl (C=O) groups is 2. The molecule has 18 heavy (non-hydrogen) atoms. The molecule has 2 amide bonds. The molecule has 2 aliphatic rings. The van der Waals surface area contributed by atoms with Gasteiger partial charge in [0.1, 0.15) is 6.04 Å². The highest BCUT2D eigenvalue weighted by Gasteiger charge is 2.41. The van der Waals surface area contributed by atoms with Crippen molar-refractivity contribution in [2.75, 3.05) is 26.3 Å². The molecule has 6 nitrogen and oxygen atoms in total. The van der Waals surface area contributed by atoms with Crippen LogP contribution >= 0.6 is 0 Å². The Bertz CT molecular complexity index is 339. The van der Waals surface area contributed by atoms with E-state index in [4.69, 9.17) is 9.84 Å². The summed E-state index contributed by atoms with van der Waals surface area (Å²) in [6.07, 6.45) is 2.97. The first-order chi connectivity index (χ1) is 8.52. The van der Waals surface area contributed by atoms with E-state index in [1.165, 1.54) is 6.92 Å². The molecule has 2 fully saturated rings. The summed E-state index contributed by atoms with van der Waals surface area (Å²) < 4.78 is 5.35. The van der Waals surface area contributed by atoms with E-state index in [-0.39, 0.29) is 11.4 Å². The van der Waals surface area contributed by atoms with Crippen molar-refractivity contribution in [3.8, 4) is 0 Å². The van der Waals surface area contributed by atoms with Crippen LogP contribution in [0.15, 0.2) is 0 Å². The van der Waals surface area contributed by atoms with Gasteiger partial charge in [0.05, 0.1) is 0 Å². The van der Waals surface area contributed by atoms with Crippen molar-refractivity contribution in [1.29, 1.82) is 0 Å². The van der Waals surface area contributed by atoms with Crippen LogP contribution in [-0.4, -0.2) is 54.4 Å². The van der Waals surface area contributed by atoms with Gasteiger partial charge >= 0.3 is 12.0 Å². The fourth-order valence-corrected chi connectivity index (χ4v) is 2.66. The predicted octanol–water partition coefficient (Wildman–Crippen LogP) is 0.672. The van der Waals surface area contributed by atoms with E-state index in [0.29, 0.717) is 13.1 Å². The average molecular weight is 256 g/mol. The van der Waals surface area contributed by atoms with Crippen LogP contribution in [0.3, 0.4) is 0 Å². The Kier molecular flexibility index (Phi) is 3.75. The van der Waals surface area contributed by atoms with Crippen molar-refractivity contribution in [3.63, 3.8) is 0 Å². The molecule has 0 saturated carbocycles. The number of likely N-dealkylation sites (tertiary alicyclic amines) is 1. The largest absolute Gasteiger partial charge is 0.480 e. The molecule has 2 saturated heterocycles. The predicted molar refractivity (Wildman–Crippen MR) is 64.3 cm³/mol. The number of ether oxygens (including phenoxy) is 1. The quantitative estimate of drug-likeness (QED) is 0.761. The number of nitrogens with zero attached hydrogens (tertiary/aromatic N) is 1. The summed E-state index contributed by atoms with van der Waals surface area (Å²) in [4.78, 5) is 24.3. The third-order valence-corrected chi connectivity index (χ3v) is 3.99. The van der Waals surface area contributed by atoms with E-state index in [9.17, 15) is 9.59 Å². The minimum absolute atomic E-state index is 0.196. The fourth-order valence-electron chi connectivity index (χ4n) is 2.66. The summed E-state index contributed by atoms with van der Waals surface area (Å²) in [6, 6.07) is -1.11. The molecular formula is C12H20N2O4. The first-order valence-corrected chi connectivity index (χ1v) is 6.38. The molecule has 0 aromatic carbocycles. The van der Waals surface area contributed by atoms with E-state index in [1.807, 2.05) is 0 Å². The molecule has 2 aliphatic heterocycles. The van der Waals surface area contributed by atoms with Gasteiger partial charge in [-0.25, -0.2) is 4.79 Å². The number of amides is 2. The topological polar surface area (TPSA) is 78.9 Å². The lowest BCUT2D eigenvalue weighted by molar-refractivity contribution is -0.138. The highest BCUT2D eigenvalue weighted by Crippen LogP contribution is 2.39. The van der Waals surface area contributed by atoms with Crippen molar-refractivity contribution < 1.29 is 19.4 Å².